The fraction of sp³-hybridized carbons (Fsp3) is 0.417. The molecule has 86 valence electrons. The quantitative estimate of drug-likeness (QED) is 0.756. The molecule has 2 rings (SSSR count). The van der Waals surface area contributed by atoms with Gasteiger partial charge in [-0.3, -0.25) is 0 Å². The molecule has 0 aliphatic carbocycles. The van der Waals surface area contributed by atoms with Crippen LogP contribution in [-0.4, -0.2) is 10.5 Å². The van der Waals surface area contributed by atoms with Crippen LogP contribution in [0.3, 0.4) is 0 Å². The Balaban J connectivity index is 2.61. The fourth-order valence-electron chi connectivity index (χ4n) is 1.67. The van der Waals surface area contributed by atoms with Crippen molar-refractivity contribution in [3.05, 3.63) is 27.9 Å². The minimum absolute atomic E-state index is 0.507. The lowest BCUT2D eigenvalue weighted by molar-refractivity contribution is 0.446. The number of aryl methyl sites for hydroxylation is 1. The lowest BCUT2D eigenvalue weighted by Gasteiger charge is -2.06. The van der Waals surface area contributed by atoms with Crippen molar-refractivity contribution < 1.29 is 4.52 Å². The number of alkyl halides is 1. The molecular formula is C12H13Br2NO. The normalized spacial score (nSPS) is 11.6. The van der Waals surface area contributed by atoms with E-state index in [1.54, 1.807) is 0 Å². The topological polar surface area (TPSA) is 26.0 Å². The SMILES string of the molecule is CC(C)c1cc(Br)c2onc(CCBr)c2c1. The highest BCUT2D eigenvalue weighted by molar-refractivity contribution is 9.10. The zero-order valence-corrected chi connectivity index (χ0v) is 12.4. The average Bonchev–Trinajstić information content (AvgIpc) is 2.63. The van der Waals surface area contributed by atoms with Crippen molar-refractivity contribution in [1.82, 2.24) is 5.16 Å². The Bertz CT molecular complexity index is 505. The first-order valence-electron chi connectivity index (χ1n) is 5.27. The summed E-state index contributed by atoms with van der Waals surface area (Å²) in [7, 11) is 0. The summed E-state index contributed by atoms with van der Waals surface area (Å²) in [4.78, 5) is 0. The van der Waals surface area contributed by atoms with Gasteiger partial charge in [0, 0.05) is 17.1 Å². The van der Waals surface area contributed by atoms with Crippen molar-refractivity contribution in [3.8, 4) is 0 Å². The molecular weight excluding hydrogens is 334 g/mol. The maximum Gasteiger partial charge on any atom is 0.181 e. The Morgan fingerprint density at radius 1 is 1.38 bits per heavy atom. The number of nitrogens with zero attached hydrogens (tertiary/aromatic N) is 1. The van der Waals surface area contributed by atoms with Crippen LogP contribution in [0.1, 0.15) is 31.0 Å². The Morgan fingerprint density at radius 2 is 2.12 bits per heavy atom. The molecule has 0 amide bonds. The second-order valence-electron chi connectivity index (χ2n) is 4.10. The summed E-state index contributed by atoms with van der Waals surface area (Å²) in [6.07, 6.45) is 0.890. The molecule has 1 aromatic heterocycles. The Labute approximate surface area is 112 Å². The van der Waals surface area contributed by atoms with Crippen LogP contribution in [0.5, 0.6) is 0 Å². The van der Waals surface area contributed by atoms with E-state index in [1.807, 2.05) is 0 Å². The zero-order valence-electron chi connectivity index (χ0n) is 9.26. The van der Waals surface area contributed by atoms with E-state index in [0.29, 0.717) is 5.92 Å². The number of rotatable bonds is 3. The number of fused-ring (bicyclic) bond motifs is 1. The molecule has 0 aliphatic rings. The lowest BCUT2D eigenvalue weighted by atomic mass is 10.0. The van der Waals surface area contributed by atoms with Crippen LogP contribution in [0.4, 0.5) is 0 Å². The summed E-state index contributed by atoms with van der Waals surface area (Å²) in [5, 5.41) is 6.13. The van der Waals surface area contributed by atoms with Gasteiger partial charge in [0.25, 0.3) is 0 Å². The predicted molar refractivity (Wildman–Crippen MR) is 73.3 cm³/mol. The Hall–Kier alpha value is -0.350. The number of halogens is 2. The fourth-order valence-corrected chi connectivity index (χ4v) is 2.60. The van der Waals surface area contributed by atoms with Gasteiger partial charge in [-0.05, 0) is 39.5 Å². The summed E-state index contributed by atoms with van der Waals surface area (Å²) in [5.41, 5.74) is 3.17. The maximum absolute atomic E-state index is 5.35. The van der Waals surface area contributed by atoms with Crippen LogP contribution >= 0.6 is 31.9 Å². The van der Waals surface area contributed by atoms with Gasteiger partial charge in [-0.25, -0.2) is 0 Å². The van der Waals surface area contributed by atoms with Gasteiger partial charge in [0.05, 0.1) is 10.2 Å². The summed E-state index contributed by atoms with van der Waals surface area (Å²) in [6, 6.07) is 4.29. The molecule has 0 N–H and O–H groups in total. The van der Waals surface area contributed by atoms with Gasteiger partial charge in [0.2, 0.25) is 0 Å². The Kier molecular flexibility index (Phi) is 3.70. The van der Waals surface area contributed by atoms with Gasteiger partial charge in [0.15, 0.2) is 5.58 Å². The first-order chi connectivity index (χ1) is 7.63. The van der Waals surface area contributed by atoms with Gasteiger partial charge in [-0.15, -0.1) is 0 Å². The lowest BCUT2D eigenvalue weighted by Crippen LogP contribution is -1.90. The number of aromatic nitrogens is 1. The molecule has 0 unspecified atom stereocenters. The standard InChI is InChI=1S/C12H13Br2NO/c1-7(2)8-5-9-11(3-4-13)15-16-12(9)10(14)6-8/h5-7H,3-4H2,1-2H3. The number of hydrogen-bond acceptors (Lipinski definition) is 2. The molecule has 0 radical (unpaired) electrons. The monoisotopic (exact) mass is 345 g/mol. The first kappa shape index (κ1) is 12.1. The second kappa shape index (κ2) is 4.88. The van der Waals surface area contributed by atoms with E-state index in [2.05, 4.69) is 63.0 Å². The van der Waals surface area contributed by atoms with Gasteiger partial charge < -0.3 is 4.52 Å². The first-order valence-corrected chi connectivity index (χ1v) is 7.18. The van der Waals surface area contributed by atoms with Crippen LogP contribution in [0.25, 0.3) is 11.0 Å². The maximum atomic E-state index is 5.35. The van der Waals surface area contributed by atoms with Gasteiger partial charge >= 0.3 is 0 Å². The molecule has 4 heteroatoms. The molecule has 0 aliphatic heterocycles. The van der Waals surface area contributed by atoms with Crippen molar-refractivity contribution in [2.24, 2.45) is 0 Å². The third kappa shape index (κ3) is 2.18. The van der Waals surface area contributed by atoms with E-state index in [-0.39, 0.29) is 0 Å². The van der Waals surface area contributed by atoms with E-state index in [9.17, 15) is 0 Å². The molecule has 0 atom stereocenters. The van der Waals surface area contributed by atoms with Gasteiger partial charge in [-0.1, -0.05) is 34.9 Å². The molecule has 1 aromatic carbocycles. The van der Waals surface area contributed by atoms with Crippen molar-refractivity contribution in [2.75, 3.05) is 5.33 Å². The molecule has 0 saturated carbocycles. The number of benzene rings is 1. The van der Waals surface area contributed by atoms with E-state index in [0.717, 1.165) is 32.9 Å². The smallest absolute Gasteiger partial charge is 0.181 e. The summed E-state index contributed by atoms with van der Waals surface area (Å²) < 4.78 is 6.34. The van der Waals surface area contributed by atoms with Crippen molar-refractivity contribution in [2.45, 2.75) is 26.2 Å². The van der Waals surface area contributed by atoms with Gasteiger partial charge in [-0.2, -0.15) is 0 Å². The highest BCUT2D eigenvalue weighted by Crippen LogP contribution is 2.31. The van der Waals surface area contributed by atoms with Crippen LogP contribution in [0.15, 0.2) is 21.1 Å². The summed E-state index contributed by atoms with van der Waals surface area (Å²) >= 11 is 6.96. The molecule has 0 bridgehead atoms. The highest BCUT2D eigenvalue weighted by Gasteiger charge is 2.13. The van der Waals surface area contributed by atoms with Crippen LogP contribution in [0, 0.1) is 0 Å². The van der Waals surface area contributed by atoms with Crippen LogP contribution in [-0.2, 0) is 6.42 Å². The van der Waals surface area contributed by atoms with Crippen molar-refractivity contribution in [3.63, 3.8) is 0 Å². The highest BCUT2D eigenvalue weighted by atomic mass is 79.9. The molecule has 16 heavy (non-hydrogen) atoms. The summed E-state index contributed by atoms with van der Waals surface area (Å²) in [6.45, 7) is 4.37. The predicted octanol–water partition coefficient (Wildman–Crippen LogP) is 4.65. The zero-order chi connectivity index (χ0) is 11.7. The van der Waals surface area contributed by atoms with E-state index in [4.69, 9.17) is 4.52 Å². The third-order valence-electron chi connectivity index (χ3n) is 2.62. The number of hydrogen-bond donors (Lipinski definition) is 0. The second-order valence-corrected chi connectivity index (χ2v) is 5.75. The third-order valence-corrected chi connectivity index (χ3v) is 3.61. The molecule has 0 spiro atoms. The molecule has 0 fully saturated rings. The van der Waals surface area contributed by atoms with E-state index >= 15 is 0 Å². The van der Waals surface area contributed by atoms with Crippen LogP contribution < -0.4 is 0 Å². The molecule has 1 heterocycles. The van der Waals surface area contributed by atoms with Crippen molar-refractivity contribution in [1.29, 1.82) is 0 Å². The molecule has 0 saturated heterocycles. The van der Waals surface area contributed by atoms with E-state index < -0.39 is 0 Å². The molecule has 2 nitrogen and oxygen atoms in total. The molecule has 2 aromatic rings. The van der Waals surface area contributed by atoms with Gasteiger partial charge in [0.1, 0.15) is 0 Å². The minimum Gasteiger partial charge on any atom is -0.355 e. The minimum atomic E-state index is 0.507. The van der Waals surface area contributed by atoms with Crippen molar-refractivity contribution >= 4 is 42.8 Å². The van der Waals surface area contributed by atoms with E-state index in [1.165, 1.54) is 5.56 Å². The largest absolute Gasteiger partial charge is 0.355 e. The Morgan fingerprint density at radius 3 is 2.75 bits per heavy atom. The summed E-state index contributed by atoms with van der Waals surface area (Å²) in [5.74, 6) is 0.507. The average molecular weight is 347 g/mol. The van der Waals surface area contributed by atoms with Crippen LogP contribution in [0.2, 0.25) is 0 Å².